The molecule has 32 heavy (non-hydrogen) atoms. The van der Waals surface area contributed by atoms with Crippen LogP contribution in [0.4, 0.5) is 0 Å². The molecule has 5 nitrogen and oxygen atoms in total. The zero-order valence-electron chi connectivity index (χ0n) is 18.8. The normalized spacial score (nSPS) is 11.7. The molecule has 3 N–H and O–H groups in total. The van der Waals surface area contributed by atoms with Crippen LogP contribution in [-0.2, 0) is 19.3 Å². The molecule has 0 unspecified atom stereocenters. The number of aromatic hydroxyl groups is 3. The van der Waals surface area contributed by atoms with E-state index in [0.29, 0.717) is 36.0 Å². The lowest BCUT2D eigenvalue weighted by Crippen LogP contribution is -2.05. The average molecular weight is 435 g/mol. The fraction of sp³-hybridized carbons (Fsp3) is 0.296. The lowest BCUT2D eigenvalue weighted by molar-refractivity contribution is 0.437. The van der Waals surface area contributed by atoms with Crippen molar-refractivity contribution in [2.75, 3.05) is 0 Å². The maximum atomic E-state index is 12.6. The van der Waals surface area contributed by atoms with Crippen molar-refractivity contribution in [2.45, 2.75) is 52.9 Å². The largest absolute Gasteiger partial charge is 0.508 e. The van der Waals surface area contributed by atoms with Gasteiger partial charge in [0.1, 0.15) is 28.4 Å². The zero-order valence-corrected chi connectivity index (χ0v) is 18.8. The van der Waals surface area contributed by atoms with E-state index in [0.717, 1.165) is 24.0 Å². The molecule has 5 heteroatoms. The van der Waals surface area contributed by atoms with Crippen LogP contribution in [0.1, 0.15) is 50.5 Å². The Morgan fingerprint density at radius 1 is 0.969 bits per heavy atom. The Bertz CT molecular complexity index is 1210. The first kappa shape index (κ1) is 23.2. The van der Waals surface area contributed by atoms with Crippen molar-refractivity contribution in [1.82, 2.24) is 0 Å². The van der Waals surface area contributed by atoms with Crippen molar-refractivity contribution in [2.24, 2.45) is 0 Å². The van der Waals surface area contributed by atoms with Crippen LogP contribution in [-0.4, -0.2) is 15.3 Å². The Hall–Kier alpha value is -3.47. The van der Waals surface area contributed by atoms with Crippen LogP contribution in [0.3, 0.4) is 0 Å². The Morgan fingerprint density at radius 2 is 1.69 bits per heavy atom. The lowest BCUT2D eigenvalue weighted by atomic mass is 10.0. The van der Waals surface area contributed by atoms with Gasteiger partial charge in [0.05, 0.1) is 0 Å². The fourth-order valence-electron chi connectivity index (χ4n) is 3.64. The molecule has 0 aliphatic heterocycles. The monoisotopic (exact) mass is 434 g/mol. The van der Waals surface area contributed by atoms with Crippen LogP contribution in [0.5, 0.6) is 17.2 Å². The van der Waals surface area contributed by atoms with Crippen molar-refractivity contribution < 1.29 is 19.7 Å². The highest BCUT2D eigenvalue weighted by Gasteiger charge is 2.16. The van der Waals surface area contributed by atoms with Gasteiger partial charge in [0.25, 0.3) is 0 Å². The molecule has 1 heterocycles. The van der Waals surface area contributed by atoms with Crippen molar-refractivity contribution in [1.29, 1.82) is 0 Å². The SMILES string of the molecule is CC(C)=CCCC(C)=CCc1c(O)cc2cc(CCc3ccc(O)cc3)oc(=O)c2c1O. The Balaban J connectivity index is 1.82. The second kappa shape index (κ2) is 10.2. The summed E-state index contributed by atoms with van der Waals surface area (Å²) in [6.07, 6.45) is 7.41. The summed E-state index contributed by atoms with van der Waals surface area (Å²) in [7, 11) is 0. The van der Waals surface area contributed by atoms with Gasteiger partial charge >= 0.3 is 5.63 Å². The Labute approximate surface area is 188 Å². The van der Waals surface area contributed by atoms with E-state index in [-0.39, 0.29) is 22.6 Å². The Morgan fingerprint density at radius 3 is 2.38 bits per heavy atom. The van der Waals surface area contributed by atoms with Crippen LogP contribution >= 0.6 is 0 Å². The van der Waals surface area contributed by atoms with Gasteiger partial charge in [0, 0.05) is 12.0 Å². The minimum Gasteiger partial charge on any atom is -0.508 e. The van der Waals surface area contributed by atoms with Gasteiger partial charge in [-0.05, 0) is 81.7 Å². The molecule has 0 radical (unpaired) electrons. The van der Waals surface area contributed by atoms with Gasteiger partial charge in [-0.3, -0.25) is 0 Å². The number of phenols is 3. The number of benzene rings is 2. The van der Waals surface area contributed by atoms with Crippen LogP contribution in [0.15, 0.2) is 68.9 Å². The van der Waals surface area contributed by atoms with Gasteiger partial charge in [-0.1, -0.05) is 35.4 Å². The molecule has 1 aromatic heterocycles. The smallest absolute Gasteiger partial charge is 0.347 e. The van der Waals surface area contributed by atoms with E-state index in [2.05, 4.69) is 19.9 Å². The maximum Gasteiger partial charge on any atom is 0.347 e. The van der Waals surface area contributed by atoms with Crippen LogP contribution in [0.25, 0.3) is 10.8 Å². The van der Waals surface area contributed by atoms with E-state index in [1.165, 1.54) is 11.6 Å². The van der Waals surface area contributed by atoms with E-state index in [4.69, 9.17) is 4.42 Å². The molecule has 0 atom stereocenters. The highest BCUT2D eigenvalue weighted by molar-refractivity contribution is 5.90. The molecule has 0 amide bonds. The van der Waals surface area contributed by atoms with Gasteiger partial charge < -0.3 is 19.7 Å². The summed E-state index contributed by atoms with van der Waals surface area (Å²) in [5.74, 6) is 0.397. The first-order chi connectivity index (χ1) is 15.2. The van der Waals surface area contributed by atoms with Crippen molar-refractivity contribution in [3.8, 4) is 17.2 Å². The van der Waals surface area contributed by atoms with E-state index in [1.807, 2.05) is 25.1 Å². The first-order valence-corrected chi connectivity index (χ1v) is 10.8. The van der Waals surface area contributed by atoms with Crippen molar-refractivity contribution >= 4 is 10.8 Å². The third kappa shape index (κ3) is 5.82. The number of phenolic OH excluding ortho intramolecular Hbond substituents is 3. The molecule has 3 aromatic rings. The zero-order chi connectivity index (χ0) is 23.3. The van der Waals surface area contributed by atoms with Crippen LogP contribution in [0.2, 0.25) is 0 Å². The standard InChI is InChI=1S/C27H30O5/c1-17(2)5-4-6-18(3)7-14-23-24(29)16-20-15-22(32-27(31)25(20)26(23)30)13-10-19-8-11-21(28)12-9-19/h5,7-9,11-12,15-16,28-30H,4,6,10,13-14H2,1-3H3. The minimum absolute atomic E-state index is 0.0431. The van der Waals surface area contributed by atoms with Crippen molar-refractivity contribution in [3.63, 3.8) is 0 Å². The highest BCUT2D eigenvalue weighted by Crippen LogP contribution is 2.35. The number of hydrogen-bond acceptors (Lipinski definition) is 5. The molecule has 0 spiro atoms. The number of fused-ring (bicyclic) bond motifs is 1. The minimum atomic E-state index is -0.619. The van der Waals surface area contributed by atoms with E-state index < -0.39 is 5.63 Å². The number of rotatable bonds is 8. The molecule has 0 bridgehead atoms. The average Bonchev–Trinajstić information content (AvgIpc) is 2.72. The quantitative estimate of drug-likeness (QED) is 0.382. The van der Waals surface area contributed by atoms with Crippen LogP contribution in [0, 0.1) is 0 Å². The number of hydrogen-bond donors (Lipinski definition) is 3. The molecule has 2 aromatic carbocycles. The molecular weight excluding hydrogens is 404 g/mol. The summed E-state index contributed by atoms with van der Waals surface area (Å²) in [5.41, 5.74) is 3.13. The summed E-state index contributed by atoms with van der Waals surface area (Å²) in [6.45, 7) is 6.14. The summed E-state index contributed by atoms with van der Waals surface area (Å²) in [5, 5.41) is 31.1. The second-order valence-corrected chi connectivity index (χ2v) is 8.43. The summed E-state index contributed by atoms with van der Waals surface area (Å²) in [6, 6.07) is 10.0. The molecule has 0 saturated heterocycles. The van der Waals surface area contributed by atoms with Gasteiger partial charge in [0.2, 0.25) is 0 Å². The highest BCUT2D eigenvalue weighted by atomic mass is 16.4. The fourth-order valence-corrected chi connectivity index (χ4v) is 3.64. The summed E-state index contributed by atoms with van der Waals surface area (Å²) < 4.78 is 5.44. The molecular formula is C27H30O5. The summed E-state index contributed by atoms with van der Waals surface area (Å²) in [4.78, 5) is 12.6. The van der Waals surface area contributed by atoms with E-state index in [1.54, 1.807) is 18.2 Å². The van der Waals surface area contributed by atoms with Crippen molar-refractivity contribution in [3.05, 3.63) is 87.0 Å². The number of allylic oxidation sites excluding steroid dienone is 4. The van der Waals surface area contributed by atoms with Crippen LogP contribution < -0.4 is 5.63 Å². The molecule has 0 fully saturated rings. The summed E-state index contributed by atoms with van der Waals surface area (Å²) >= 11 is 0. The predicted octanol–water partition coefficient (Wildman–Crippen LogP) is 5.93. The Kier molecular flexibility index (Phi) is 7.41. The molecule has 0 aliphatic carbocycles. The molecule has 0 saturated carbocycles. The van der Waals surface area contributed by atoms with Gasteiger partial charge in [0.15, 0.2) is 0 Å². The van der Waals surface area contributed by atoms with Gasteiger partial charge in [-0.15, -0.1) is 0 Å². The molecule has 3 rings (SSSR count). The third-order valence-corrected chi connectivity index (χ3v) is 5.50. The van der Waals surface area contributed by atoms with E-state index in [9.17, 15) is 20.1 Å². The molecule has 0 aliphatic rings. The maximum absolute atomic E-state index is 12.6. The molecule has 168 valence electrons. The lowest BCUT2D eigenvalue weighted by Gasteiger charge is -2.10. The third-order valence-electron chi connectivity index (χ3n) is 5.50. The predicted molar refractivity (Wildman–Crippen MR) is 127 cm³/mol. The number of aryl methyl sites for hydroxylation is 2. The topological polar surface area (TPSA) is 90.9 Å². The van der Waals surface area contributed by atoms with Gasteiger partial charge in [-0.25, -0.2) is 4.79 Å². The second-order valence-electron chi connectivity index (χ2n) is 8.43. The van der Waals surface area contributed by atoms with E-state index >= 15 is 0 Å². The van der Waals surface area contributed by atoms with Gasteiger partial charge in [-0.2, -0.15) is 0 Å². The first-order valence-electron chi connectivity index (χ1n) is 10.8.